The molecule has 5 nitrogen and oxygen atoms in total. The van der Waals surface area contributed by atoms with Gasteiger partial charge in [-0.05, 0) is 38.3 Å². The summed E-state index contributed by atoms with van der Waals surface area (Å²) in [6, 6.07) is 3.57. The number of carbonyl (C=O) groups is 1. The summed E-state index contributed by atoms with van der Waals surface area (Å²) in [5.41, 5.74) is 0. The van der Waals surface area contributed by atoms with Gasteiger partial charge in [0.2, 0.25) is 5.91 Å². The van der Waals surface area contributed by atoms with Gasteiger partial charge < -0.3 is 5.32 Å². The van der Waals surface area contributed by atoms with Gasteiger partial charge in [0.25, 0.3) is 10.0 Å². The highest BCUT2D eigenvalue weighted by atomic mass is 32.2. The van der Waals surface area contributed by atoms with Gasteiger partial charge in [0.15, 0.2) is 0 Å². The van der Waals surface area contributed by atoms with Crippen LogP contribution in [0, 0.1) is 0 Å². The molecule has 0 bridgehead atoms. The molecule has 1 unspecified atom stereocenters. The smallest absolute Gasteiger partial charge is 0.252 e. The quantitative estimate of drug-likeness (QED) is 0.660. The molecule has 1 N–H and O–H groups in total. The fraction of sp³-hybridized carbons (Fsp3) is 0.722. The zero-order valence-corrected chi connectivity index (χ0v) is 16.9. The minimum atomic E-state index is -3.39. The lowest BCUT2D eigenvalue weighted by molar-refractivity contribution is -0.121. The van der Waals surface area contributed by atoms with Crippen LogP contribution in [0.2, 0.25) is 0 Å². The minimum absolute atomic E-state index is 0.0345. The molecule has 2 rings (SSSR count). The monoisotopic (exact) mass is 386 g/mol. The molecule has 0 radical (unpaired) electrons. The van der Waals surface area contributed by atoms with Crippen LogP contribution in [0.1, 0.15) is 63.7 Å². The van der Waals surface area contributed by atoms with Gasteiger partial charge in [-0.3, -0.25) is 4.79 Å². The largest absolute Gasteiger partial charge is 0.353 e. The molecule has 1 amide bonds. The molecule has 7 heteroatoms. The Balaban J connectivity index is 1.89. The number of amides is 1. The Morgan fingerprint density at radius 2 is 1.96 bits per heavy atom. The first-order valence-electron chi connectivity index (χ1n) is 9.31. The number of hydrogen-bond acceptors (Lipinski definition) is 4. The molecule has 1 aromatic rings. The van der Waals surface area contributed by atoms with Crippen LogP contribution in [0.25, 0.3) is 0 Å². The lowest BCUT2D eigenvalue weighted by Crippen LogP contribution is -2.35. The normalized spacial score (nSPS) is 17.4. The summed E-state index contributed by atoms with van der Waals surface area (Å²) in [4.78, 5) is 13.0. The van der Waals surface area contributed by atoms with Crippen LogP contribution in [-0.4, -0.2) is 37.8 Å². The molecule has 1 fully saturated rings. The number of carbonyl (C=O) groups excluding carboxylic acids is 1. The molecule has 0 saturated carbocycles. The van der Waals surface area contributed by atoms with Crippen molar-refractivity contribution in [2.24, 2.45) is 0 Å². The average molecular weight is 387 g/mol. The highest BCUT2D eigenvalue weighted by molar-refractivity contribution is 7.91. The van der Waals surface area contributed by atoms with E-state index in [-0.39, 0.29) is 18.4 Å². The van der Waals surface area contributed by atoms with Crippen molar-refractivity contribution in [2.45, 2.75) is 75.5 Å². The third-order valence-electron chi connectivity index (χ3n) is 4.53. The standard InChI is InChI=1S/C18H30N2O3S2/c1-3-4-6-9-15(2)19-17(21)14-16-10-11-18(24-16)25(22,23)20-12-7-5-8-13-20/h10-11,15H,3-9,12-14H2,1-2H3,(H,19,21). The summed E-state index contributed by atoms with van der Waals surface area (Å²) < 4.78 is 27.2. The Hall–Kier alpha value is -0.920. The van der Waals surface area contributed by atoms with Crippen LogP contribution < -0.4 is 5.32 Å². The van der Waals surface area contributed by atoms with Crippen molar-refractivity contribution in [1.82, 2.24) is 9.62 Å². The fourth-order valence-corrected chi connectivity index (χ4v) is 6.11. The highest BCUT2D eigenvalue weighted by Gasteiger charge is 2.27. The molecule has 0 aliphatic carbocycles. The van der Waals surface area contributed by atoms with E-state index in [2.05, 4.69) is 12.2 Å². The Bertz CT molecular complexity index is 649. The molecular formula is C18H30N2O3S2. The second kappa shape index (κ2) is 9.69. The lowest BCUT2D eigenvalue weighted by Gasteiger charge is -2.25. The number of thiophene rings is 1. The Morgan fingerprint density at radius 3 is 2.64 bits per heavy atom. The van der Waals surface area contributed by atoms with Gasteiger partial charge in [0.05, 0.1) is 6.42 Å². The maximum Gasteiger partial charge on any atom is 0.252 e. The number of piperidine rings is 1. The topological polar surface area (TPSA) is 66.5 Å². The van der Waals surface area contributed by atoms with Crippen molar-refractivity contribution in [2.75, 3.05) is 13.1 Å². The van der Waals surface area contributed by atoms with E-state index in [0.717, 1.165) is 37.0 Å². The third kappa shape index (κ3) is 6.08. The molecule has 0 spiro atoms. The first-order chi connectivity index (χ1) is 11.9. The van der Waals surface area contributed by atoms with Crippen LogP contribution >= 0.6 is 11.3 Å². The highest BCUT2D eigenvalue weighted by Crippen LogP contribution is 2.27. The van der Waals surface area contributed by atoms with E-state index >= 15 is 0 Å². The summed E-state index contributed by atoms with van der Waals surface area (Å²) in [5, 5.41) is 3.01. The molecule has 0 aromatic carbocycles. The Labute approximate surface area is 155 Å². The first kappa shape index (κ1) is 20.4. The maximum absolute atomic E-state index is 12.6. The fourth-order valence-electron chi connectivity index (χ4n) is 3.08. The molecule has 1 aliphatic rings. The number of nitrogens with one attached hydrogen (secondary N) is 1. The molecule has 142 valence electrons. The van der Waals surface area contributed by atoms with Crippen molar-refractivity contribution in [3.63, 3.8) is 0 Å². The SMILES string of the molecule is CCCCCC(C)NC(=O)Cc1ccc(S(=O)(=O)N2CCCCC2)s1. The predicted molar refractivity (Wildman–Crippen MR) is 102 cm³/mol. The molecule has 1 saturated heterocycles. The number of sulfonamides is 1. The van der Waals surface area contributed by atoms with Gasteiger partial charge in [0.1, 0.15) is 4.21 Å². The Kier molecular flexibility index (Phi) is 7.90. The van der Waals surface area contributed by atoms with Gasteiger partial charge in [0, 0.05) is 24.0 Å². The van der Waals surface area contributed by atoms with Crippen molar-refractivity contribution in [3.05, 3.63) is 17.0 Å². The minimum Gasteiger partial charge on any atom is -0.353 e. The molecule has 1 aromatic heterocycles. The van der Waals surface area contributed by atoms with E-state index in [4.69, 9.17) is 0 Å². The van der Waals surface area contributed by atoms with Gasteiger partial charge in [-0.25, -0.2) is 8.42 Å². The van der Waals surface area contributed by atoms with E-state index in [1.54, 1.807) is 16.4 Å². The number of rotatable bonds is 9. The van der Waals surface area contributed by atoms with Gasteiger partial charge in [-0.15, -0.1) is 11.3 Å². The number of nitrogens with zero attached hydrogens (tertiary/aromatic N) is 1. The van der Waals surface area contributed by atoms with Crippen LogP contribution in [0.4, 0.5) is 0 Å². The van der Waals surface area contributed by atoms with Crippen LogP contribution in [0.15, 0.2) is 16.3 Å². The van der Waals surface area contributed by atoms with Crippen molar-refractivity contribution >= 4 is 27.3 Å². The van der Waals surface area contributed by atoms with Crippen LogP contribution in [-0.2, 0) is 21.2 Å². The summed E-state index contributed by atoms with van der Waals surface area (Å²) in [5.74, 6) is -0.0345. The van der Waals surface area contributed by atoms with Gasteiger partial charge in [-0.1, -0.05) is 32.6 Å². The number of hydrogen-bond donors (Lipinski definition) is 1. The number of unbranched alkanes of at least 4 members (excludes halogenated alkanes) is 2. The third-order valence-corrected chi connectivity index (χ3v) is 7.98. The van der Waals surface area contributed by atoms with E-state index in [1.807, 2.05) is 6.92 Å². The molecular weight excluding hydrogens is 356 g/mol. The average Bonchev–Trinajstić information content (AvgIpc) is 3.05. The predicted octanol–water partition coefficient (Wildman–Crippen LogP) is 3.55. The molecule has 1 atom stereocenters. The van der Waals surface area contributed by atoms with E-state index in [9.17, 15) is 13.2 Å². The molecule has 1 aliphatic heterocycles. The van der Waals surface area contributed by atoms with Crippen molar-refractivity contribution in [1.29, 1.82) is 0 Å². The van der Waals surface area contributed by atoms with Crippen molar-refractivity contribution in [3.8, 4) is 0 Å². The molecule has 2 heterocycles. The van der Waals surface area contributed by atoms with Gasteiger partial charge in [-0.2, -0.15) is 4.31 Å². The summed E-state index contributed by atoms with van der Waals surface area (Å²) in [6.07, 6.45) is 7.66. The van der Waals surface area contributed by atoms with E-state index in [1.165, 1.54) is 24.2 Å². The lowest BCUT2D eigenvalue weighted by atomic mass is 10.1. The van der Waals surface area contributed by atoms with E-state index in [0.29, 0.717) is 17.3 Å². The zero-order valence-electron chi connectivity index (χ0n) is 15.3. The van der Waals surface area contributed by atoms with Crippen LogP contribution in [0.3, 0.4) is 0 Å². The first-order valence-corrected chi connectivity index (χ1v) is 11.6. The summed E-state index contributed by atoms with van der Waals surface area (Å²) >= 11 is 1.22. The van der Waals surface area contributed by atoms with E-state index < -0.39 is 10.0 Å². The van der Waals surface area contributed by atoms with Gasteiger partial charge >= 0.3 is 0 Å². The second-order valence-electron chi connectivity index (χ2n) is 6.83. The maximum atomic E-state index is 12.6. The zero-order chi connectivity index (χ0) is 18.3. The summed E-state index contributed by atoms with van der Waals surface area (Å²) in [7, 11) is -3.39. The molecule has 25 heavy (non-hydrogen) atoms. The second-order valence-corrected chi connectivity index (χ2v) is 10.2. The van der Waals surface area contributed by atoms with Crippen LogP contribution in [0.5, 0.6) is 0 Å². The summed E-state index contributed by atoms with van der Waals surface area (Å²) in [6.45, 7) is 5.39. The Morgan fingerprint density at radius 1 is 1.24 bits per heavy atom. The van der Waals surface area contributed by atoms with Crippen molar-refractivity contribution < 1.29 is 13.2 Å².